The van der Waals surface area contributed by atoms with Gasteiger partial charge in [0.05, 0.1) is 48.3 Å². The van der Waals surface area contributed by atoms with Crippen LogP contribution in [0.2, 0.25) is 5.02 Å². The van der Waals surface area contributed by atoms with Crippen molar-refractivity contribution in [1.29, 1.82) is 0 Å². The van der Waals surface area contributed by atoms with E-state index in [1.165, 1.54) is 0 Å². The standard InChI is InChI=1S/C49H51Cl2N11O3/c1-29-24-35(25-30(2)43(29)50)65-21-8-12-37-36-10-7-11-38(42-31(3)55-57(6)32(42)4)44(36)61-33(5)46(51)62(48(63)45(37)61)41-27-59(18-17-58-19-22-64-23-20-58)40-14-13-34(26-39(40)41)47-54-28-60(56-47)49-52-15-9-16-53-49/h7,9-11,13-16,24-28,33,46H,8,12,17-23H2,1-6H3/t33?,46-/m0/s1. The van der Waals surface area contributed by atoms with Gasteiger partial charge in [-0.2, -0.15) is 9.78 Å². The lowest BCUT2D eigenvalue weighted by Gasteiger charge is -2.38. The molecule has 16 heteroatoms. The minimum Gasteiger partial charge on any atom is -0.494 e. The van der Waals surface area contributed by atoms with Gasteiger partial charge in [0, 0.05) is 90.0 Å². The van der Waals surface area contributed by atoms with Gasteiger partial charge in [-0.25, -0.2) is 15.0 Å². The summed E-state index contributed by atoms with van der Waals surface area (Å²) < 4.78 is 19.9. The molecule has 10 rings (SSSR count). The smallest absolute Gasteiger partial charge is 0.276 e. The number of nitrogens with zero attached hydrogens (tertiary/aromatic N) is 11. The molecule has 1 unspecified atom stereocenters. The molecule has 1 saturated heterocycles. The molecule has 0 spiro atoms. The Hall–Kier alpha value is -6.06. The SMILES string of the molecule is Cc1cc(OCCCc2c3n(c4c(-c5c(C)nn(C)c5C)cccc24)C(C)[C@@H](Cl)N(c2cn(CCN4CCOCC4)c4ccc(-c5ncn(-c6ncccn6)n5)cc24)C3=O)cc(C)c1Cl. The zero-order chi connectivity index (χ0) is 45.1. The summed E-state index contributed by atoms with van der Waals surface area (Å²) >= 11 is 14.2. The second kappa shape index (κ2) is 17.4. The molecule has 334 valence electrons. The summed E-state index contributed by atoms with van der Waals surface area (Å²) in [5.41, 5.74) is 10.3. The van der Waals surface area contributed by atoms with Crippen LogP contribution in [0, 0.1) is 27.7 Å². The molecule has 5 aromatic heterocycles. The van der Waals surface area contributed by atoms with E-state index in [0.717, 1.165) is 103 Å². The Morgan fingerprint density at radius 3 is 2.42 bits per heavy atom. The zero-order valence-corrected chi connectivity index (χ0v) is 38.9. The highest BCUT2D eigenvalue weighted by Gasteiger charge is 2.42. The lowest BCUT2D eigenvalue weighted by Crippen LogP contribution is -2.47. The van der Waals surface area contributed by atoms with Crippen LogP contribution in [-0.2, 0) is 24.8 Å². The first-order valence-electron chi connectivity index (χ1n) is 22.1. The second-order valence-electron chi connectivity index (χ2n) is 17.1. The highest BCUT2D eigenvalue weighted by atomic mass is 35.5. The van der Waals surface area contributed by atoms with Gasteiger partial charge < -0.3 is 18.6 Å². The van der Waals surface area contributed by atoms with Crippen molar-refractivity contribution in [2.75, 3.05) is 44.4 Å². The largest absolute Gasteiger partial charge is 0.494 e. The fourth-order valence-electron chi connectivity index (χ4n) is 9.69. The van der Waals surface area contributed by atoms with E-state index in [1.54, 1.807) is 34.4 Å². The van der Waals surface area contributed by atoms with E-state index < -0.39 is 5.50 Å². The van der Waals surface area contributed by atoms with Crippen molar-refractivity contribution in [3.63, 3.8) is 0 Å². The predicted octanol–water partition coefficient (Wildman–Crippen LogP) is 9.05. The first-order chi connectivity index (χ1) is 31.5. The van der Waals surface area contributed by atoms with Gasteiger partial charge in [0.1, 0.15) is 23.3 Å². The van der Waals surface area contributed by atoms with Crippen LogP contribution >= 0.6 is 23.2 Å². The maximum Gasteiger partial charge on any atom is 0.276 e. The summed E-state index contributed by atoms with van der Waals surface area (Å²) in [6.07, 6.45) is 8.32. The third kappa shape index (κ3) is 7.65. The molecule has 0 aliphatic carbocycles. The molecule has 1 amide bonds. The van der Waals surface area contributed by atoms with Crippen molar-refractivity contribution in [1.82, 2.24) is 48.5 Å². The minimum atomic E-state index is -0.739. The number of ether oxygens (including phenoxy) is 2. The molecule has 0 bridgehead atoms. The van der Waals surface area contributed by atoms with E-state index in [0.29, 0.717) is 56.7 Å². The molecule has 65 heavy (non-hydrogen) atoms. The van der Waals surface area contributed by atoms with Crippen LogP contribution in [0.3, 0.4) is 0 Å². The van der Waals surface area contributed by atoms with Crippen molar-refractivity contribution in [3.05, 3.63) is 118 Å². The number of para-hydroxylation sites is 1. The van der Waals surface area contributed by atoms with Crippen LogP contribution in [-0.4, -0.2) is 99.4 Å². The van der Waals surface area contributed by atoms with E-state index in [2.05, 4.69) is 79.4 Å². The topological polar surface area (TPSA) is 126 Å². The van der Waals surface area contributed by atoms with E-state index in [4.69, 9.17) is 42.9 Å². The molecule has 0 radical (unpaired) electrons. The summed E-state index contributed by atoms with van der Waals surface area (Å²) in [6.45, 7) is 15.4. The number of aromatic nitrogens is 9. The normalized spacial score (nSPS) is 16.9. The number of aryl methyl sites for hydroxylation is 5. The number of fused-ring (bicyclic) bond motifs is 4. The van der Waals surface area contributed by atoms with Crippen molar-refractivity contribution in [2.45, 2.75) is 65.5 Å². The van der Waals surface area contributed by atoms with Gasteiger partial charge in [-0.1, -0.05) is 41.4 Å². The summed E-state index contributed by atoms with van der Waals surface area (Å²) in [6, 6.07) is 17.9. The Labute approximate surface area is 387 Å². The van der Waals surface area contributed by atoms with Crippen molar-refractivity contribution < 1.29 is 14.3 Å². The third-order valence-corrected chi connectivity index (χ3v) is 14.2. The molecular formula is C49H51Cl2N11O3. The number of halogens is 2. The van der Waals surface area contributed by atoms with Crippen LogP contribution < -0.4 is 9.64 Å². The quantitative estimate of drug-likeness (QED) is 0.0671. The Bertz CT molecular complexity index is 3070. The Morgan fingerprint density at radius 2 is 1.68 bits per heavy atom. The van der Waals surface area contributed by atoms with Gasteiger partial charge in [0.2, 0.25) is 0 Å². The Balaban J connectivity index is 1.09. The fraction of sp³-hybridized carbons (Fsp3) is 0.347. The molecule has 7 heterocycles. The first-order valence-corrected chi connectivity index (χ1v) is 23.0. The summed E-state index contributed by atoms with van der Waals surface area (Å²) in [4.78, 5) is 33.3. The van der Waals surface area contributed by atoms with Gasteiger partial charge >= 0.3 is 0 Å². The number of rotatable bonds is 12. The van der Waals surface area contributed by atoms with Crippen LogP contribution in [0.5, 0.6) is 5.75 Å². The molecule has 0 saturated carbocycles. The van der Waals surface area contributed by atoms with Crippen LogP contribution in [0.1, 0.15) is 58.0 Å². The fourth-order valence-corrected chi connectivity index (χ4v) is 10.1. The van der Waals surface area contributed by atoms with Crippen molar-refractivity contribution in [3.8, 4) is 34.2 Å². The summed E-state index contributed by atoms with van der Waals surface area (Å²) in [7, 11) is 1.97. The Morgan fingerprint density at radius 1 is 0.908 bits per heavy atom. The average molecular weight is 913 g/mol. The van der Waals surface area contributed by atoms with Gasteiger partial charge in [0.25, 0.3) is 11.9 Å². The number of benzene rings is 3. The van der Waals surface area contributed by atoms with E-state index >= 15 is 4.79 Å². The minimum absolute atomic E-state index is 0.161. The van der Waals surface area contributed by atoms with E-state index in [9.17, 15) is 0 Å². The number of hydrogen-bond donors (Lipinski definition) is 0. The number of alkyl halides is 1. The monoisotopic (exact) mass is 911 g/mol. The van der Waals surface area contributed by atoms with Crippen LogP contribution in [0.15, 0.2) is 79.5 Å². The maximum atomic E-state index is 15.8. The number of carbonyl (C=O) groups excluding carboxylic acids is 1. The number of anilines is 1. The number of amides is 1. The highest BCUT2D eigenvalue weighted by Crippen LogP contribution is 2.46. The molecule has 0 N–H and O–H groups in total. The third-order valence-electron chi connectivity index (χ3n) is 13.0. The van der Waals surface area contributed by atoms with Gasteiger partial charge in [-0.05, 0) is 101 Å². The van der Waals surface area contributed by atoms with Gasteiger partial charge in [-0.15, -0.1) is 5.10 Å². The first kappa shape index (κ1) is 42.9. The number of hydrogen-bond acceptors (Lipinski definition) is 9. The highest BCUT2D eigenvalue weighted by molar-refractivity contribution is 6.32. The molecule has 2 aliphatic rings. The maximum absolute atomic E-state index is 15.8. The number of carbonyl (C=O) groups is 1. The molecule has 2 aliphatic heterocycles. The summed E-state index contributed by atoms with van der Waals surface area (Å²) in [5, 5.41) is 12.2. The summed E-state index contributed by atoms with van der Waals surface area (Å²) in [5.74, 6) is 1.55. The average Bonchev–Trinajstić information content (AvgIpc) is 4.09. The molecule has 8 aromatic rings. The van der Waals surface area contributed by atoms with Crippen molar-refractivity contribution in [2.24, 2.45) is 7.05 Å². The Kier molecular flexibility index (Phi) is 11.5. The molecular weight excluding hydrogens is 862 g/mol. The molecule has 1 fully saturated rings. The lowest BCUT2D eigenvalue weighted by molar-refractivity contribution is 0.0365. The zero-order valence-electron chi connectivity index (χ0n) is 37.4. The van der Waals surface area contributed by atoms with Crippen LogP contribution in [0.25, 0.3) is 50.3 Å². The molecule has 14 nitrogen and oxygen atoms in total. The molecule has 3 aromatic carbocycles. The second-order valence-corrected chi connectivity index (χ2v) is 18.0. The predicted molar refractivity (Wildman–Crippen MR) is 255 cm³/mol. The lowest BCUT2D eigenvalue weighted by atomic mass is 9.98. The van der Waals surface area contributed by atoms with Crippen molar-refractivity contribution >= 4 is 56.6 Å². The molecule has 2 atom stereocenters. The van der Waals surface area contributed by atoms with Gasteiger partial charge in [0.15, 0.2) is 5.82 Å². The van der Waals surface area contributed by atoms with E-state index in [1.807, 2.05) is 50.7 Å². The van der Waals surface area contributed by atoms with E-state index in [-0.39, 0.29) is 11.9 Å². The van der Waals surface area contributed by atoms with Gasteiger partial charge in [-0.3, -0.25) is 19.3 Å². The number of morpholine rings is 1. The van der Waals surface area contributed by atoms with Crippen LogP contribution in [0.4, 0.5) is 5.69 Å².